The number of halogens is 1. The van der Waals surface area contributed by atoms with Crippen molar-refractivity contribution < 1.29 is 9.72 Å². The third-order valence-electron chi connectivity index (χ3n) is 6.05. The first-order chi connectivity index (χ1) is 14.6. The van der Waals surface area contributed by atoms with E-state index in [1.165, 1.54) is 12.4 Å². The van der Waals surface area contributed by atoms with Gasteiger partial charge in [-0.05, 0) is 48.3 Å². The summed E-state index contributed by atoms with van der Waals surface area (Å²) >= 11 is 5.93. The summed E-state index contributed by atoms with van der Waals surface area (Å²) in [5.74, 6) is -0.259. The van der Waals surface area contributed by atoms with E-state index in [1.54, 1.807) is 18.2 Å². The Balaban J connectivity index is 1.61. The molecule has 2 aliphatic rings. The lowest BCUT2D eigenvalue weighted by molar-refractivity contribution is -0.383. The summed E-state index contributed by atoms with van der Waals surface area (Å²) in [5, 5.41) is 12.4. The molecule has 2 N–H and O–H groups in total. The Labute approximate surface area is 185 Å². The van der Waals surface area contributed by atoms with Crippen LogP contribution < -0.4 is 15.8 Å². The highest BCUT2D eigenvalue weighted by atomic mass is 35.5. The molecule has 1 aromatic heterocycles. The molecular formula is C21H25ClN6O3. The minimum atomic E-state index is -0.501. The quantitative estimate of drug-likeness (QED) is 0.524. The number of hydrogen-bond donors (Lipinski definition) is 2. The predicted molar refractivity (Wildman–Crippen MR) is 118 cm³/mol. The maximum absolute atomic E-state index is 12.4. The summed E-state index contributed by atoms with van der Waals surface area (Å²) in [7, 11) is 0. The van der Waals surface area contributed by atoms with E-state index in [2.05, 4.69) is 41.6 Å². The van der Waals surface area contributed by atoms with Crippen LogP contribution in [-0.2, 0) is 0 Å². The third kappa shape index (κ3) is 4.27. The van der Waals surface area contributed by atoms with Gasteiger partial charge in [0.2, 0.25) is 11.6 Å². The Hall–Kier alpha value is -2.94. The summed E-state index contributed by atoms with van der Waals surface area (Å²) in [6.07, 6.45) is 4.27. The van der Waals surface area contributed by atoms with Gasteiger partial charge in [-0.15, -0.1) is 0 Å². The first-order valence-electron chi connectivity index (χ1n) is 10.1. The monoisotopic (exact) mass is 444 g/mol. The van der Waals surface area contributed by atoms with E-state index < -0.39 is 10.8 Å². The number of hydrogen-bond acceptors (Lipinski definition) is 7. The first kappa shape index (κ1) is 21.3. The molecular weight excluding hydrogens is 420 g/mol. The number of nitrogens with zero attached hydrogens (tertiary/aromatic N) is 4. The Kier molecular flexibility index (Phi) is 5.25. The number of fused-ring (bicyclic) bond motifs is 2. The first-order valence-corrected chi connectivity index (χ1v) is 10.5. The molecule has 10 heteroatoms. The predicted octanol–water partition coefficient (Wildman–Crippen LogP) is 4.20. The van der Waals surface area contributed by atoms with Gasteiger partial charge in [-0.3, -0.25) is 25.8 Å². The van der Waals surface area contributed by atoms with Crippen molar-refractivity contribution in [3.05, 3.63) is 51.3 Å². The zero-order valence-corrected chi connectivity index (χ0v) is 18.4. The van der Waals surface area contributed by atoms with Gasteiger partial charge in [0.25, 0.3) is 5.91 Å². The van der Waals surface area contributed by atoms with Gasteiger partial charge < -0.3 is 4.90 Å². The van der Waals surface area contributed by atoms with E-state index in [0.717, 1.165) is 19.3 Å². The van der Waals surface area contributed by atoms with E-state index in [1.807, 2.05) is 4.90 Å². The highest BCUT2D eigenvalue weighted by Gasteiger charge is 2.51. The van der Waals surface area contributed by atoms with Crippen LogP contribution in [0.4, 0.5) is 17.3 Å². The van der Waals surface area contributed by atoms with Gasteiger partial charge in [0.05, 0.1) is 4.92 Å². The molecule has 1 aromatic carbocycles. The maximum Gasteiger partial charge on any atom is 0.355 e. The Morgan fingerprint density at radius 2 is 2.06 bits per heavy atom. The lowest BCUT2D eigenvalue weighted by Crippen LogP contribution is -2.35. The maximum atomic E-state index is 12.4. The van der Waals surface area contributed by atoms with Crippen molar-refractivity contribution in [2.45, 2.75) is 46.1 Å². The second kappa shape index (κ2) is 7.64. The highest BCUT2D eigenvalue weighted by molar-refractivity contribution is 6.30. The number of nitrogens with one attached hydrogen (secondary N) is 2. The zero-order chi connectivity index (χ0) is 22.4. The fourth-order valence-corrected chi connectivity index (χ4v) is 5.55. The lowest BCUT2D eigenvalue weighted by Gasteiger charge is -2.39. The average molecular weight is 445 g/mol. The summed E-state index contributed by atoms with van der Waals surface area (Å²) in [6.45, 7) is 7.42. The number of carbonyl (C=O) groups is 1. The van der Waals surface area contributed by atoms with Crippen molar-refractivity contribution in [2.24, 2.45) is 10.8 Å². The van der Waals surface area contributed by atoms with Crippen LogP contribution in [0.1, 0.15) is 50.4 Å². The van der Waals surface area contributed by atoms with Gasteiger partial charge in [-0.25, -0.2) is 9.97 Å². The van der Waals surface area contributed by atoms with Crippen molar-refractivity contribution in [3.63, 3.8) is 0 Å². The molecule has 2 atom stereocenters. The Morgan fingerprint density at radius 1 is 1.29 bits per heavy atom. The normalized spacial score (nSPS) is 24.0. The van der Waals surface area contributed by atoms with Crippen molar-refractivity contribution in [1.29, 1.82) is 0 Å². The van der Waals surface area contributed by atoms with Gasteiger partial charge in [0.1, 0.15) is 6.33 Å². The van der Waals surface area contributed by atoms with E-state index in [-0.39, 0.29) is 34.2 Å². The molecule has 1 aliphatic heterocycles. The van der Waals surface area contributed by atoms with Crippen LogP contribution in [0.3, 0.4) is 0 Å². The van der Waals surface area contributed by atoms with Gasteiger partial charge in [0, 0.05) is 23.2 Å². The summed E-state index contributed by atoms with van der Waals surface area (Å²) in [5.41, 5.74) is 5.38. The molecule has 164 valence electrons. The second-order valence-electron chi connectivity index (χ2n) is 9.58. The SMILES string of the molecule is CC1(C)CC2CC(C)(CN2c2ncnc(NNC(=O)c3cccc(Cl)c3)c2[N+](=O)[O-])C1. The molecule has 2 aromatic rings. The summed E-state index contributed by atoms with van der Waals surface area (Å²) < 4.78 is 0. The molecule has 2 fully saturated rings. The van der Waals surface area contributed by atoms with Crippen molar-refractivity contribution >= 4 is 34.8 Å². The van der Waals surface area contributed by atoms with E-state index in [9.17, 15) is 14.9 Å². The van der Waals surface area contributed by atoms with Crippen molar-refractivity contribution in [1.82, 2.24) is 15.4 Å². The number of benzene rings is 1. The smallest absolute Gasteiger partial charge is 0.347 e. The van der Waals surface area contributed by atoms with Crippen molar-refractivity contribution in [3.8, 4) is 0 Å². The summed E-state index contributed by atoms with van der Waals surface area (Å²) in [4.78, 5) is 34.2. The van der Waals surface area contributed by atoms with Gasteiger partial charge in [-0.2, -0.15) is 0 Å². The molecule has 1 amide bonds. The number of amides is 1. The minimum absolute atomic E-state index is 0.0590. The number of anilines is 2. The van der Waals surface area contributed by atoms with Crippen LogP contribution in [0.5, 0.6) is 0 Å². The molecule has 2 bridgehead atoms. The second-order valence-corrected chi connectivity index (χ2v) is 10.0. The van der Waals surface area contributed by atoms with Crippen molar-refractivity contribution in [2.75, 3.05) is 16.9 Å². The molecule has 0 radical (unpaired) electrons. The molecule has 0 spiro atoms. The van der Waals surface area contributed by atoms with Gasteiger partial charge in [-0.1, -0.05) is 38.4 Å². The van der Waals surface area contributed by atoms with Crippen LogP contribution in [-0.4, -0.2) is 33.4 Å². The fraction of sp³-hybridized carbons (Fsp3) is 0.476. The Bertz CT molecular complexity index is 1050. The third-order valence-corrected chi connectivity index (χ3v) is 6.29. The van der Waals surface area contributed by atoms with Gasteiger partial charge in [0.15, 0.2) is 0 Å². The topological polar surface area (TPSA) is 113 Å². The van der Waals surface area contributed by atoms with Crippen LogP contribution in [0.2, 0.25) is 5.02 Å². The Morgan fingerprint density at radius 3 is 2.77 bits per heavy atom. The fourth-order valence-electron chi connectivity index (χ4n) is 5.36. The highest BCUT2D eigenvalue weighted by Crippen LogP contribution is 2.54. The van der Waals surface area contributed by atoms with E-state index in [4.69, 9.17) is 11.6 Å². The molecule has 2 heterocycles. The standard InChI is InChI=1S/C21H25ClN6O3/c1-20(2)8-15-9-21(3,10-20)11-27(15)18-16(28(30)31)17(23-12-24-18)25-26-19(29)13-5-4-6-14(22)7-13/h4-7,12,15H,8-11H2,1-3H3,(H,26,29)(H,23,24,25). The molecule has 2 unspecified atom stereocenters. The van der Waals surface area contributed by atoms with E-state index >= 15 is 0 Å². The minimum Gasteiger partial charge on any atom is -0.347 e. The van der Waals surface area contributed by atoms with Crippen LogP contribution in [0.25, 0.3) is 0 Å². The molecule has 1 saturated heterocycles. The van der Waals surface area contributed by atoms with Crippen LogP contribution >= 0.6 is 11.6 Å². The number of carbonyl (C=O) groups excluding carboxylic acids is 1. The largest absolute Gasteiger partial charge is 0.355 e. The average Bonchev–Trinajstić information content (AvgIpc) is 2.94. The molecule has 1 aliphatic carbocycles. The molecule has 9 nitrogen and oxygen atoms in total. The van der Waals surface area contributed by atoms with Crippen LogP contribution in [0.15, 0.2) is 30.6 Å². The lowest BCUT2D eigenvalue weighted by atomic mass is 9.65. The van der Waals surface area contributed by atoms with Gasteiger partial charge >= 0.3 is 5.69 Å². The number of rotatable bonds is 5. The molecule has 4 rings (SSSR count). The molecule has 1 saturated carbocycles. The zero-order valence-electron chi connectivity index (χ0n) is 17.7. The number of aromatic nitrogens is 2. The molecule has 31 heavy (non-hydrogen) atoms. The number of nitro groups is 1. The van der Waals surface area contributed by atoms with E-state index in [0.29, 0.717) is 17.1 Å². The summed E-state index contributed by atoms with van der Waals surface area (Å²) in [6, 6.07) is 6.58. The number of hydrazine groups is 1. The van der Waals surface area contributed by atoms with Crippen LogP contribution in [0, 0.1) is 20.9 Å².